The van der Waals surface area contributed by atoms with Crippen LogP contribution < -0.4 is 10.3 Å². The summed E-state index contributed by atoms with van der Waals surface area (Å²) in [5, 5.41) is 13.1. The number of hydrogen-bond donors (Lipinski definition) is 1. The predicted molar refractivity (Wildman–Crippen MR) is 112 cm³/mol. The van der Waals surface area contributed by atoms with E-state index in [9.17, 15) is 9.59 Å². The van der Waals surface area contributed by atoms with Crippen molar-refractivity contribution in [3.05, 3.63) is 41.0 Å². The molecule has 158 valence electrons. The predicted octanol–water partition coefficient (Wildman–Crippen LogP) is 3.45. The van der Waals surface area contributed by atoms with Gasteiger partial charge < -0.3 is 9.84 Å². The number of anilines is 1. The quantitative estimate of drug-likeness (QED) is 0.833. The minimum Gasteiger partial charge on any atom is -0.340 e. The van der Waals surface area contributed by atoms with Crippen LogP contribution in [0.3, 0.4) is 0 Å². The van der Waals surface area contributed by atoms with Crippen molar-refractivity contribution in [1.82, 2.24) is 15.5 Å². The summed E-state index contributed by atoms with van der Waals surface area (Å²) in [5.41, 5.74) is 2.38. The molecule has 4 rings (SSSR count). The SMILES string of the molecule is Cc1ccc(C)c(N2N=C(C(=O)NC3(c4noc(C)n4)CCCCC3)CCC2=O)c1. The topological polar surface area (TPSA) is 101 Å². The molecule has 0 spiro atoms. The van der Waals surface area contributed by atoms with Gasteiger partial charge in [-0.1, -0.05) is 36.6 Å². The Balaban J connectivity index is 1.63. The fraction of sp³-hybridized carbons (Fsp3) is 0.500. The third kappa shape index (κ3) is 3.86. The van der Waals surface area contributed by atoms with E-state index < -0.39 is 5.54 Å². The Morgan fingerprint density at radius 3 is 2.60 bits per heavy atom. The molecule has 1 saturated carbocycles. The van der Waals surface area contributed by atoms with Gasteiger partial charge in [-0.25, -0.2) is 5.01 Å². The Kier molecular flexibility index (Phi) is 5.40. The number of benzene rings is 1. The lowest BCUT2D eigenvalue weighted by molar-refractivity contribution is -0.119. The second-order valence-corrected chi connectivity index (χ2v) is 8.28. The lowest BCUT2D eigenvalue weighted by atomic mass is 9.80. The number of aryl methyl sites for hydroxylation is 3. The van der Waals surface area contributed by atoms with Crippen LogP contribution in [0, 0.1) is 20.8 Å². The number of nitrogens with one attached hydrogen (secondary N) is 1. The highest BCUT2D eigenvalue weighted by atomic mass is 16.5. The number of hydrazone groups is 1. The summed E-state index contributed by atoms with van der Waals surface area (Å²) in [4.78, 5) is 30.2. The van der Waals surface area contributed by atoms with Crippen LogP contribution in [0.15, 0.2) is 27.8 Å². The first-order valence-corrected chi connectivity index (χ1v) is 10.5. The molecule has 1 aliphatic carbocycles. The molecule has 0 unspecified atom stereocenters. The lowest BCUT2D eigenvalue weighted by Crippen LogP contribution is -2.51. The Hall–Kier alpha value is -3.03. The Morgan fingerprint density at radius 2 is 1.90 bits per heavy atom. The monoisotopic (exact) mass is 409 g/mol. The van der Waals surface area contributed by atoms with E-state index in [0.717, 1.165) is 43.2 Å². The van der Waals surface area contributed by atoms with E-state index in [4.69, 9.17) is 4.52 Å². The van der Waals surface area contributed by atoms with Crippen LogP contribution in [0.25, 0.3) is 0 Å². The zero-order valence-corrected chi connectivity index (χ0v) is 17.7. The number of hydrogen-bond acceptors (Lipinski definition) is 6. The van der Waals surface area contributed by atoms with Gasteiger partial charge in [0.2, 0.25) is 11.8 Å². The molecular formula is C22H27N5O3. The van der Waals surface area contributed by atoms with Gasteiger partial charge in [0.1, 0.15) is 11.3 Å². The van der Waals surface area contributed by atoms with E-state index in [1.807, 2.05) is 32.0 Å². The number of carbonyl (C=O) groups excluding carboxylic acids is 2. The van der Waals surface area contributed by atoms with E-state index >= 15 is 0 Å². The second kappa shape index (κ2) is 8.01. The van der Waals surface area contributed by atoms with Gasteiger partial charge in [-0.15, -0.1) is 0 Å². The molecule has 8 nitrogen and oxygen atoms in total. The van der Waals surface area contributed by atoms with Crippen molar-refractivity contribution >= 4 is 23.2 Å². The van der Waals surface area contributed by atoms with Gasteiger partial charge in [0.15, 0.2) is 5.82 Å². The minimum absolute atomic E-state index is 0.110. The maximum Gasteiger partial charge on any atom is 0.268 e. The van der Waals surface area contributed by atoms with Crippen LogP contribution in [-0.4, -0.2) is 27.7 Å². The summed E-state index contributed by atoms with van der Waals surface area (Å²) < 4.78 is 5.19. The van der Waals surface area contributed by atoms with Gasteiger partial charge in [0.05, 0.1) is 5.69 Å². The highest BCUT2D eigenvalue weighted by molar-refractivity contribution is 6.40. The van der Waals surface area contributed by atoms with Crippen molar-refractivity contribution < 1.29 is 14.1 Å². The van der Waals surface area contributed by atoms with Crippen LogP contribution in [0.2, 0.25) is 0 Å². The van der Waals surface area contributed by atoms with E-state index in [0.29, 0.717) is 29.5 Å². The molecule has 0 atom stereocenters. The van der Waals surface area contributed by atoms with Crippen molar-refractivity contribution in [2.24, 2.45) is 5.10 Å². The first-order chi connectivity index (χ1) is 14.4. The molecule has 0 saturated heterocycles. The molecule has 30 heavy (non-hydrogen) atoms. The molecule has 2 aliphatic rings. The van der Waals surface area contributed by atoms with Gasteiger partial charge in [-0.05, 0) is 43.9 Å². The molecule has 0 bridgehead atoms. The third-order valence-electron chi connectivity index (χ3n) is 5.90. The lowest BCUT2D eigenvalue weighted by Gasteiger charge is -2.35. The van der Waals surface area contributed by atoms with Gasteiger partial charge in [-0.3, -0.25) is 9.59 Å². The average molecular weight is 409 g/mol. The maximum absolute atomic E-state index is 13.2. The van der Waals surface area contributed by atoms with Gasteiger partial charge >= 0.3 is 0 Å². The molecule has 0 radical (unpaired) electrons. The first kappa shape index (κ1) is 20.3. The van der Waals surface area contributed by atoms with Crippen molar-refractivity contribution in [1.29, 1.82) is 0 Å². The number of nitrogens with zero attached hydrogens (tertiary/aromatic N) is 4. The maximum atomic E-state index is 13.2. The molecule has 2 amide bonds. The molecule has 1 N–H and O–H groups in total. The van der Waals surface area contributed by atoms with E-state index in [1.165, 1.54) is 5.01 Å². The molecule has 1 aromatic heterocycles. The normalized spacial score (nSPS) is 18.8. The van der Waals surface area contributed by atoms with Crippen molar-refractivity contribution in [2.45, 2.75) is 71.3 Å². The fourth-order valence-electron chi connectivity index (χ4n) is 4.20. The standard InChI is InChI=1S/C22H27N5O3/c1-14-7-8-15(2)18(13-14)27-19(28)10-9-17(25-27)20(29)24-22(11-5-4-6-12-22)21-23-16(3)30-26-21/h7-8,13H,4-6,9-12H2,1-3H3,(H,24,29). The molecule has 2 aromatic rings. The smallest absolute Gasteiger partial charge is 0.268 e. The van der Waals surface area contributed by atoms with E-state index in [2.05, 4.69) is 20.6 Å². The molecule has 1 aliphatic heterocycles. The number of carbonyl (C=O) groups is 2. The Morgan fingerprint density at radius 1 is 1.13 bits per heavy atom. The molecule has 1 aromatic carbocycles. The minimum atomic E-state index is -0.652. The van der Waals surface area contributed by atoms with E-state index in [-0.39, 0.29) is 18.2 Å². The summed E-state index contributed by atoms with van der Waals surface area (Å²) in [6.45, 7) is 5.64. The van der Waals surface area contributed by atoms with Crippen molar-refractivity contribution in [2.75, 3.05) is 5.01 Å². The highest BCUT2D eigenvalue weighted by Crippen LogP contribution is 2.36. The second-order valence-electron chi connectivity index (χ2n) is 8.28. The first-order valence-electron chi connectivity index (χ1n) is 10.5. The van der Waals surface area contributed by atoms with E-state index in [1.54, 1.807) is 6.92 Å². The zero-order chi connectivity index (χ0) is 21.3. The van der Waals surface area contributed by atoms with Crippen LogP contribution >= 0.6 is 0 Å². The van der Waals surface area contributed by atoms with Crippen LogP contribution in [-0.2, 0) is 15.1 Å². The number of amides is 2. The number of aromatic nitrogens is 2. The van der Waals surface area contributed by atoms with Crippen molar-refractivity contribution in [3.63, 3.8) is 0 Å². The van der Waals surface area contributed by atoms with Crippen LogP contribution in [0.1, 0.15) is 67.8 Å². The molecule has 8 heteroatoms. The van der Waals surface area contributed by atoms with Crippen molar-refractivity contribution in [3.8, 4) is 0 Å². The largest absolute Gasteiger partial charge is 0.340 e. The molecule has 2 heterocycles. The summed E-state index contributed by atoms with van der Waals surface area (Å²) in [7, 11) is 0. The van der Waals surface area contributed by atoms with Gasteiger partial charge in [0, 0.05) is 19.8 Å². The zero-order valence-electron chi connectivity index (χ0n) is 17.7. The third-order valence-corrected chi connectivity index (χ3v) is 5.90. The summed E-state index contributed by atoms with van der Waals surface area (Å²) >= 11 is 0. The fourth-order valence-corrected chi connectivity index (χ4v) is 4.20. The number of rotatable bonds is 4. The Labute approximate surface area is 175 Å². The van der Waals surface area contributed by atoms with Gasteiger partial charge in [0.25, 0.3) is 5.91 Å². The molecular weight excluding hydrogens is 382 g/mol. The summed E-state index contributed by atoms with van der Waals surface area (Å²) in [6.07, 6.45) is 5.14. The highest BCUT2D eigenvalue weighted by Gasteiger charge is 2.41. The van der Waals surface area contributed by atoms with Crippen LogP contribution in [0.5, 0.6) is 0 Å². The van der Waals surface area contributed by atoms with Gasteiger partial charge in [-0.2, -0.15) is 10.1 Å². The van der Waals surface area contributed by atoms with Crippen LogP contribution in [0.4, 0.5) is 5.69 Å². The summed E-state index contributed by atoms with van der Waals surface area (Å²) in [6, 6.07) is 5.87. The molecule has 1 fully saturated rings. The average Bonchev–Trinajstić information content (AvgIpc) is 3.18. The summed E-state index contributed by atoms with van der Waals surface area (Å²) in [5.74, 6) is 0.612. The Bertz CT molecular complexity index is 1000.